The molecule has 1 aromatic carbocycles. The van der Waals surface area contributed by atoms with Gasteiger partial charge in [-0.2, -0.15) is 0 Å². The summed E-state index contributed by atoms with van der Waals surface area (Å²) >= 11 is 3.40. The van der Waals surface area contributed by atoms with Gasteiger partial charge in [-0.25, -0.2) is 0 Å². The van der Waals surface area contributed by atoms with E-state index in [2.05, 4.69) is 35.0 Å². The summed E-state index contributed by atoms with van der Waals surface area (Å²) in [4.78, 5) is 10.8. The number of hydrogen-bond acceptors (Lipinski definition) is 1. The number of ketones is 1. The lowest BCUT2D eigenvalue weighted by Crippen LogP contribution is -1.97. The van der Waals surface area contributed by atoms with Gasteiger partial charge in [0.05, 0.1) is 0 Å². The Bertz CT molecular complexity index is 303. The van der Waals surface area contributed by atoms with Gasteiger partial charge in [-0.1, -0.05) is 35.0 Å². The Morgan fingerprint density at radius 1 is 1.36 bits per heavy atom. The lowest BCUT2D eigenvalue weighted by atomic mass is 9.95. The molecule has 1 aromatic rings. The Kier molecular flexibility index (Phi) is 4.33. The second-order valence-corrected chi connectivity index (χ2v) is 4.61. The number of halogens is 1. The summed E-state index contributed by atoms with van der Waals surface area (Å²) in [5, 5.41) is 0. The van der Waals surface area contributed by atoms with Gasteiger partial charge >= 0.3 is 0 Å². The number of benzene rings is 1. The highest BCUT2D eigenvalue weighted by atomic mass is 79.9. The van der Waals surface area contributed by atoms with Gasteiger partial charge in [-0.3, -0.25) is 0 Å². The van der Waals surface area contributed by atoms with E-state index < -0.39 is 0 Å². The Labute approximate surface area is 93.7 Å². The standard InChI is InChI=1S/C12H15BrO/c1-9(3-4-10(2)14)11-5-7-12(13)8-6-11/h5-9H,3-4H2,1-2H3. The maximum atomic E-state index is 10.8. The van der Waals surface area contributed by atoms with Crippen LogP contribution in [0.15, 0.2) is 28.7 Å². The molecule has 76 valence electrons. The molecule has 1 rings (SSSR count). The van der Waals surface area contributed by atoms with E-state index >= 15 is 0 Å². The average Bonchev–Trinajstić information content (AvgIpc) is 2.15. The smallest absolute Gasteiger partial charge is 0.129 e. The van der Waals surface area contributed by atoms with Crippen LogP contribution in [0.4, 0.5) is 0 Å². The van der Waals surface area contributed by atoms with Crippen molar-refractivity contribution in [3.8, 4) is 0 Å². The molecule has 0 saturated heterocycles. The first-order chi connectivity index (χ1) is 6.59. The van der Waals surface area contributed by atoms with E-state index in [9.17, 15) is 4.79 Å². The molecule has 0 amide bonds. The average molecular weight is 255 g/mol. The summed E-state index contributed by atoms with van der Waals surface area (Å²) < 4.78 is 1.10. The van der Waals surface area contributed by atoms with Crippen LogP contribution in [-0.2, 0) is 4.79 Å². The van der Waals surface area contributed by atoms with E-state index in [-0.39, 0.29) is 5.78 Å². The molecule has 0 N–H and O–H groups in total. The van der Waals surface area contributed by atoms with Crippen LogP contribution in [0.1, 0.15) is 38.2 Å². The molecule has 0 aliphatic rings. The third-order valence-corrected chi connectivity index (χ3v) is 2.90. The molecular formula is C12H15BrO. The summed E-state index contributed by atoms with van der Waals surface area (Å²) in [5.41, 5.74) is 1.30. The Balaban J connectivity index is 2.56. The highest BCUT2D eigenvalue weighted by Gasteiger charge is 2.06. The topological polar surface area (TPSA) is 17.1 Å². The number of hydrogen-bond donors (Lipinski definition) is 0. The molecule has 0 fully saturated rings. The second-order valence-electron chi connectivity index (χ2n) is 3.69. The summed E-state index contributed by atoms with van der Waals surface area (Å²) in [7, 11) is 0. The van der Waals surface area contributed by atoms with E-state index in [0.717, 1.165) is 10.9 Å². The summed E-state index contributed by atoms with van der Waals surface area (Å²) in [6.07, 6.45) is 1.62. The fraction of sp³-hybridized carbons (Fsp3) is 0.417. The predicted octanol–water partition coefficient (Wildman–Crippen LogP) is 3.92. The summed E-state index contributed by atoms with van der Waals surface area (Å²) in [6, 6.07) is 8.29. The number of carbonyl (C=O) groups is 1. The number of carbonyl (C=O) groups excluding carboxylic acids is 1. The number of rotatable bonds is 4. The third kappa shape index (κ3) is 3.62. The zero-order valence-corrected chi connectivity index (χ0v) is 10.2. The van der Waals surface area contributed by atoms with E-state index in [4.69, 9.17) is 0 Å². The molecule has 14 heavy (non-hydrogen) atoms. The van der Waals surface area contributed by atoms with Crippen molar-refractivity contribution >= 4 is 21.7 Å². The van der Waals surface area contributed by atoms with Crippen LogP contribution in [0.5, 0.6) is 0 Å². The first-order valence-corrected chi connectivity index (χ1v) is 5.64. The highest BCUT2D eigenvalue weighted by Crippen LogP contribution is 2.22. The van der Waals surface area contributed by atoms with E-state index in [1.165, 1.54) is 5.56 Å². The van der Waals surface area contributed by atoms with Crippen LogP contribution in [0.3, 0.4) is 0 Å². The van der Waals surface area contributed by atoms with Crippen molar-refractivity contribution in [3.05, 3.63) is 34.3 Å². The van der Waals surface area contributed by atoms with Gasteiger partial charge in [0.25, 0.3) is 0 Å². The number of Topliss-reactive ketones (excluding diaryl/α,β-unsaturated/α-hetero) is 1. The van der Waals surface area contributed by atoms with Crippen molar-refractivity contribution < 1.29 is 4.79 Å². The van der Waals surface area contributed by atoms with Crippen molar-refractivity contribution in [2.75, 3.05) is 0 Å². The van der Waals surface area contributed by atoms with Crippen molar-refractivity contribution in [2.45, 2.75) is 32.6 Å². The van der Waals surface area contributed by atoms with Crippen LogP contribution in [0, 0.1) is 0 Å². The summed E-state index contributed by atoms with van der Waals surface area (Å²) in [5.74, 6) is 0.737. The first kappa shape index (κ1) is 11.4. The lowest BCUT2D eigenvalue weighted by Gasteiger charge is -2.10. The second kappa shape index (κ2) is 5.30. The minimum Gasteiger partial charge on any atom is -0.300 e. The normalized spacial score (nSPS) is 12.5. The zero-order valence-electron chi connectivity index (χ0n) is 8.59. The molecule has 0 aliphatic carbocycles. The van der Waals surface area contributed by atoms with Crippen molar-refractivity contribution in [1.29, 1.82) is 0 Å². The molecule has 1 unspecified atom stereocenters. The molecule has 2 heteroatoms. The Morgan fingerprint density at radius 2 is 1.93 bits per heavy atom. The third-order valence-electron chi connectivity index (χ3n) is 2.37. The van der Waals surface area contributed by atoms with E-state index in [1.807, 2.05) is 12.1 Å². The first-order valence-electron chi connectivity index (χ1n) is 4.84. The van der Waals surface area contributed by atoms with Gasteiger partial charge in [0.15, 0.2) is 0 Å². The fourth-order valence-corrected chi connectivity index (χ4v) is 1.64. The predicted molar refractivity (Wildman–Crippen MR) is 62.5 cm³/mol. The summed E-state index contributed by atoms with van der Waals surface area (Å²) in [6.45, 7) is 3.81. The van der Waals surface area contributed by atoms with Crippen molar-refractivity contribution in [3.63, 3.8) is 0 Å². The Morgan fingerprint density at radius 3 is 2.43 bits per heavy atom. The van der Waals surface area contributed by atoms with Crippen LogP contribution >= 0.6 is 15.9 Å². The van der Waals surface area contributed by atoms with Crippen LogP contribution in [-0.4, -0.2) is 5.78 Å². The van der Waals surface area contributed by atoms with Gasteiger partial charge in [0.2, 0.25) is 0 Å². The van der Waals surface area contributed by atoms with Gasteiger partial charge < -0.3 is 4.79 Å². The van der Waals surface area contributed by atoms with Crippen LogP contribution in [0.25, 0.3) is 0 Å². The van der Waals surface area contributed by atoms with Crippen molar-refractivity contribution in [2.24, 2.45) is 0 Å². The minimum atomic E-state index is 0.272. The van der Waals surface area contributed by atoms with Gasteiger partial charge in [0.1, 0.15) is 5.78 Å². The molecule has 0 bridgehead atoms. The quantitative estimate of drug-likeness (QED) is 0.796. The van der Waals surface area contributed by atoms with Crippen LogP contribution < -0.4 is 0 Å². The fourth-order valence-electron chi connectivity index (χ4n) is 1.38. The molecule has 0 aliphatic heterocycles. The largest absolute Gasteiger partial charge is 0.300 e. The molecule has 1 nitrogen and oxygen atoms in total. The molecule has 0 saturated carbocycles. The monoisotopic (exact) mass is 254 g/mol. The maximum absolute atomic E-state index is 10.8. The molecule has 0 heterocycles. The molecule has 0 aromatic heterocycles. The van der Waals surface area contributed by atoms with E-state index in [1.54, 1.807) is 6.92 Å². The molecular weight excluding hydrogens is 240 g/mol. The SMILES string of the molecule is CC(=O)CCC(C)c1ccc(Br)cc1. The van der Waals surface area contributed by atoms with E-state index in [0.29, 0.717) is 12.3 Å². The van der Waals surface area contributed by atoms with Crippen molar-refractivity contribution in [1.82, 2.24) is 0 Å². The molecule has 0 spiro atoms. The van der Waals surface area contributed by atoms with Crippen LogP contribution in [0.2, 0.25) is 0 Å². The zero-order chi connectivity index (χ0) is 10.6. The Hall–Kier alpha value is -0.630. The van der Waals surface area contributed by atoms with Gasteiger partial charge in [-0.05, 0) is 37.0 Å². The lowest BCUT2D eigenvalue weighted by molar-refractivity contribution is -0.117. The van der Waals surface area contributed by atoms with Gasteiger partial charge in [0, 0.05) is 10.9 Å². The minimum absolute atomic E-state index is 0.272. The molecule has 1 atom stereocenters. The maximum Gasteiger partial charge on any atom is 0.129 e. The van der Waals surface area contributed by atoms with Gasteiger partial charge in [-0.15, -0.1) is 0 Å². The highest BCUT2D eigenvalue weighted by molar-refractivity contribution is 9.10. The molecule has 0 radical (unpaired) electrons.